The van der Waals surface area contributed by atoms with Gasteiger partial charge < -0.3 is 9.84 Å². The SMILES string of the molecule is C=Cc1ccc(N2C(=O)C3CC=C4C(CC5C(=O)N(c6ccc(C=C)cc6)C(=O)C5C4c4ccc(O)cc4OC)C3C2=O)cc1. The van der Waals surface area contributed by atoms with Crippen molar-refractivity contribution in [3.8, 4) is 11.5 Å². The number of phenolic OH excluding ortho intramolecular Hbond substituents is 1. The Kier molecular flexibility index (Phi) is 6.80. The second kappa shape index (κ2) is 10.7. The summed E-state index contributed by atoms with van der Waals surface area (Å²) in [5.74, 6) is -4.56. The quantitative estimate of drug-likeness (QED) is 0.286. The molecule has 6 unspecified atom stereocenters. The lowest BCUT2D eigenvalue weighted by Gasteiger charge is -2.44. The van der Waals surface area contributed by atoms with E-state index < -0.39 is 35.5 Å². The molecule has 1 saturated carbocycles. The molecule has 8 heteroatoms. The molecule has 2 heterocycles. The number of rotatable bonds is 6. The first kappa shape index (κ1) is 28.5. The normalized spacial score (nSPS) is 27.1. The zero-order valence-electron chi connectivity index (χ0n) is 24.8. The predicted octanol–water partition coefficient (Wildman–Crippen LogP) is 5.73. The Bertz CT molecular complexity index is 1810. The van der Waals surface area contributed by atoms with Gasteiger partial charge in [0.2, 0.25) is 23.6 Å². The maximum absolute atomic E-state index is 14.3. The van der Waals surface area contributed by atoms with E-state index in [1.165, 1.54) is 29.0 Å². The van der Waals surface area contributed by atoms with Crippen molar-refractivity contribution in [3.05, 3.63) is 108 Å². The predicted molar refractivity (Wildman–Crippen MR) is 170 cm³/mol. The Labute approximate surface area is 260 Å². The van der Waals surface area contributed by atoms with Crippen molar-refractivity contribution in [2.45, 2.75) is 18.8 Å². The molecule has 3 fully saturated rings. The van der Waals surface area contributed by atoms with E-state index in [2.05, 4.69) is 13.2 Å². The number of amides is 4. The van der Waals surface area contributed by atoms with Gasteiger partial charge in [-0.3, -0.25) is 29.0 Å². The molecule has 0 bridgehead atoms. The number of anilines is 2. The fraction of sp³-hybridized carbons (Fsp3) is 0.243. The number of aromatic hydroxyl groups is 1. The number of ether oxygens (including phenoxy) is 1. The third-order valence-electron chi connectivity index (χ3n) is 9.97. The summed E-state index contributed by atoms with van der Waals surface area (Å²) in [6, 6.07) is 18.9. The van der Waals surface area contributed by atoms with Gasteiger partial charge in [-0.25, -0.2) is 0 Å². The number of fused-ring (bicyclic) bond motifs is 4. The van der Waals surface area contributed by atoms with E-state index in [1.54, 1.807) is 54.6 Å². The highest BCUT2D eigenvalue weighted by Gasteiger charge is 2.62. The second-order valence-electron chi connectivity index (χ2n) is 12.1. The van der Waals surface area contributed by atoms with Gasteiger partial charge in [-0.05, 0) is 60.2 Å². The van der Waals surface area contributed by atoms with Gasteiger partial charge in [-0.2, -0.15) is 0 Å². The molecule has 2 aliphatic carbocycles. The molecule has 4 amide bonds. The Morgan fingerprint density at radius 1 is 0.733 bits per heavy atom. The molecule has 7 rings (SSSR count). The molecule has 2 saturated heterocycles. The third-order valence-corrected chi connectivity index (χ3v) is 9.97. The summed E-state index contributed by atoms with van der Waals surface area (Å²) in [6.45, 7) is 7.56. The van der Waals surface area contributed by atoms with Crippen LogP contribution in [-0.4, -0.2) is 35.8 Å². The second-order valence-corrected chi connectivity index (χ2v) is 12.1. The molecule has 0 aromatic heterocycles. The summed E-state index contributed by atoms with van der Waals surface area (Å²) in [7, 11) is 1.49. The summed E-state index contributed by atoms with van der Waals surface area (Å²) >= 11 is 0. The van der Waals surface area contributed by atoms with E-state index in [1.807, 2.05) is 18.2 Å². The molecule has 45 heavy (non-hydrogen) atoms. The van der Waals surface area contributed by atoms with Crippen LogP contribution in [0.5, 0.6) is 11.5 Å². The Morgan fingerprint density at radius 2 is 1.29 bits per heavy atom. The van der Waals surface area contributed by atoms with Crippen LogP contribution in [0.15, 0.2) is 91.5 Å². The van der Waals surface area contributed by atoms with Crippen LogP contribution in [0.25, 0.3) is 12.2 Å². The largest absolute Gasteiger partial charge is 0.508 e. The molecule has 2 aliphatic heterocycles. The van der Waals surface area contributed by atoms with Gasteiger partial charge >= 0.3 is 0 Å². The zero-order chi connectivity index (χ0) is 31.6. The van der Waals surface area contributed by atoms with Gasteiger partial charge in [0.05, 0.1) is 42.2 Å². The monoisotopic (exact) mass is 600 g/mol. The van der Waals surface area contributed by atoms with Gasteiger partial charge in [-0.15, -0.1) is 0 Å². The smallest absolute Gasteiger partial charge is 0.238 e. The van der Waals surface area contributed by atoms with Crippen LogP contribution in [0.2, 0.25) is 0 Å². The third kappa shape index (κ3) is 4.27. The summed E-state index contributed by atoms with van der Waals surface area (Å²) in [5, 5.41) is 10.2. The van der Waals surface area contributed by atoms with Crippen molar-refractivity contribution in [2.75, 3.05) is 16.9 Å². The molecular formula is C37H32N2O6. The Hall–Kier alpha value is -5.24. The Morgan fingerprint density at radius 3 is 1.84 bits per heavy atom. The lowest BCUT2D eigenvalue weighted by Crippen LogP contribution is -2.43. The number of carbonyl (C=O) groups is 4. The van der Waals surface area contributed by atoms with Gasteiger partial charge in [0.25, 0.3) is 0 Å². The van der Waals surface area contributed by atoms with E-state index >= 15 is 0 Å². The van der Waals surface area contributed by atoms with Gasteiger partial charge in [0.15, 0.2) is 0 Å². The number of imide groups is 2. The van der Waals surface area contributed by atoms with E-state index in [-0.39, 0.29) is 35.8 Å². The van der Waals surface area contributed by atoms with Crippen molar-refractivity contribution in [1.82, 2.24) is 0 Å². The van der Waals surface area contributed by atoms with Crippen LogP contribution in [0.4, 0.5) is 11.4 Å². The molecule has 1 N–H and O–H groups in total. The van der Waals surface area contributed by atoms with E-state index in [9.17, 15) is 24.3 Å². The highest BCUT2D eigenvalue weighted by Crippen LogP contribution is 2.59. The molecule has 226 valence electrons. The standard InChI is InChI=1S/C37H32N2O6/c1-4-20-6-10-22(11-7-20)38-34(41)27-17-16-25-28(32(27)36(38)43)19-29-33(31(25)26-15-14-24(40)18-30(26)45-3)37(44)39(35(29)42)23-12-8-21(5-2)9-13-23/h4-16,18,27-29,31-33,40H,1-2,17,19H2,3H3. The maximum atomic E-state index is 14.3. The Balaban J connectivity index is 1.33. The van der Waals surface area contributed by atoms with Crippen LogP contribution in [0.3, 0.4) is 0 Å². The lowest BCUT2D eigenvalue weighted by molar-refractivity contribution is -0.126. The number of nitrogens with zero attached hydrogens (tertiary/aromatic N) is 2. The number of hydrogen-bond acceptors (Lipinski definition) is 6. The minimum absolute atomic E-state index is 0.00430. The van der Waals surface area contributed by atoms with Crippen molar-refractivity contribution in [1.29, 1.82) is 0 Å². The van der Waals surface area contributed by atoms with Crippen LogP contribution in [0, 0.1) is 29.6 Å². The average Bonchev–Trinajstić information content (AvgIpc) is 3.47. The number of hydrogen-bond donors (Lipinski definition) is 1. The molecule has 3 aromatic rings. The highest BCUT2D eigenvalue weighted by atomic mass is 16.5. The summed E-state index contributed by atoms with van der Waals surface area (Å²) < 4.78 is 5.68. The van der Waals surface area contributed by atoms with Crippen LogP contribution in [0.1, 0.15) is 35.4 Å². The average molecular weight is 601 g/mol. The van der Waals surface area contributed by atoms with Crippen molar-refractivity contribution >= 4 is 47.2 Å². The number of benzene rings is 3. The van der Waals surface area contributed by atoms with Gasteiger partial charge in [-0.1, -0.05) is 67.3 Å². The highest BCUT2D eigenvalue weighted by molar-refractivity contribution is 6.24. The molecule has 6 atom stereocenters. The van der Waals surface area contributed by atoms with Crippen LogP contribution < -0.4 is 14.5 Å². The molecule has 4 aliphatic rings. The van der Waals surface area contributed by atoms with Gasteiger partial charge in [0, 0.05) is 17.5 Å². The molecule has 0 spiro atoms. The first-order valence-electron chi connectivity index (χ1n) is 15.0. The summed E-state index contributed by atoms with van der Waals surface area (Å²) in [6.07, 6.45) is 5.98. The lowest BCUT2D eigenvalue weighted by atomic mass is 9.57. The molecule has 0 radical (unpaired) electrons. The van der Waals surface area contributed by atoms with Crippen molar-refractivity contribution in [3.63, 3.8) is 0 Å². The first-order valence-corrected chi connectivity index (χ1v) is 15.0. The topological polar surface area (TPSA) is 104 Å². The first-order chi connectivity index (χ1) is 21.8. The fourth-order valence-corrected chi connectivity index (χ4v) is 7.92. The summed E-state index contributed by atoms with van der Waals surface area (Å²) in [5.41, 5.74) is 4.21. The number of methoxy groups -OCH3 is 1. The minimum Gasteiger partial charge on any atom is -0.508 e. The minimum atomic E-state index is -0.746. The number of allylic oxidation sites excluding steroid dienone is 2. The van der Waals surface area contributed by atoms with E-state index in [4.69, 9.17) is 4.74 Å². The van der Waals surface area contributed by atoms with Crippen molar-refractivity contribution < 1.29 is 29.0 Å². The van der Waals surface area contributed by atoms with E-state index in [0.29, 0.717) is 29.1 Å². The number of carbonyl (C=O) groups excluding carboxylic acids is 4. The van der Waals surface area contributed by atoms with Crippen molar-refractivity contribution in [2.24, 2.45) is 29.6 Å². The molecule has 3 aromatic carbocycles. The summed E-state index contributed by atoms with van der Waals surface area (Å²) in [4.78, 5) is 59.0. The van der Waals surface area contributed by atoms with Crippen LogP contribution >= 0.6 is 0 Å². The van der Waals surface area contributed by atoms with Crippen LogP contribution in [-0.2, 0) is 19.2 Å². The number of phenols is 1. The van der Waals surface area contributed by atoms with Gasteiger partial charge in [0.1, 0.15) is 11.5 Å². The maximum Gasteiger partial charge on any atom is 0.238 e. The molecular weight excluding hydrogens is 568 g/mol. The van der Waals surface area contributed by atoms with E-state index in [0.717, 1.165) is 16.7 Å². The molecule has 8 nitrogen and oxygen atoms in total. The fourth-order valence-electron chi connectivity index (χ4n) is 7.92. The zero-order valence-corrected chi connectivity index (χ0v) is 24.8.